The van der Waals surface area contributed by atoms with Crippen LogP contribution in [0, 0.1) is 23.7 Å². The third-order valence-corrected chi connectivity index (χ3v) is 5.97. The number of rotatable bonds is 6. The van der Waals surface area contributed by atoms with Gasteiger partial charge in [0.2, 0.25) is 0 Å². The van der Waals surface area contributed by atoms with Crippen LogP contribution in [0.15, 0.2) is 0 Å². The van der Waals surface area contributed by atoms with Gasteiger partial charge < -0.3 is 0 Å². The fourth-order valence-electron chi connectivity index (χ4n) is 4.62. The SMILES string of the molecule is CCCC[C@@H]1CC[C@@H](C2CCC(CCC)CC2)CC1=O. The molecule has 0 amide bonds. The van der Waals surface area contributed by atoms with E-state index >= 15 is 0 Å². The topological polar surface area (TPSA) is 17.1 Å². The van der Waals surface area contributed by atoms with Crippen LogP contribution in [-0.4, -0.2) is 5.78 Å². The molecule has 0 radical (unpaired) electrons. The maximum absolute atomic E-state index is 12.3. The Bertz CT molecular complexity index is 288. The molecule has 0 aromatic rings. The van der Waals surface area contributed by atoms with Crippen molar-refractivity contribution >= 4 is 5.78 Å². The van der Waals surface area contributed by atoms with E-state index in [9.17, 15) is 4.79 Å². The molecule has 0 saturated heterocycles. The number of hydrogen-bond donors (Lipinski definition) is 0. The first-order chi connectivity index (χ1) is 9.74. The van der Waals surface area contributed by atoms with Gasteiger partial charge in [-0.3, -0.25) is 4.79 Å². The zero-order valence-corrected chi connectivity index (χ0v) is 13.7. The number of ketones is 1. The molecule has 0 heterocycles. The summed E-state index contributed by atoms with van der Waals surface area (Å²) in [7, 11) is 0. The van der Waals surface area contributed by atoms with Crippen molar-refractivity contribution in [2.75, 3.05) is 0 Å². The molecule has 2 aliphatic rings. The number of unbranched alkanes of at least 4 members (excludes halogenated alkanes) is 1. The number of carbonyl (C=O) groups is 1. The molecule has 2 saturated carbocycles. The van der Waals surface area contributed by atoms with Crippen LogP contribution in [0.3, 0.4) is 0 Å². The minimum absolute atomic E-state index is 0.419. The highest BCUT2D eigenvalue weighted by atomic mass is 16.1. The lowest BCUT2D eigenvalue weighted by molar-refractivity contribution is -0.127. The van der Waals surface area contributed by atoms with Crippen molar-refractivity contribution in [3.63, 3.8) is 0 Å². The van der Waals surface area contributed by atoms with Gasteiger partial charge in [-0.15, -0.1) is 0 Å². The van der Waals surface area contributed by atoms with E-state index in [0.29, 0.717) is 11.7 Å². The lowest BCUT2D eigenvalue weighted by Crippen LogP contribution is -2.31. The predicted molar refractivity (Wildman–Crippen MR) is 85.7 cm³/mol. The van der Waals surface area contributed by atoms with Crippen LogP contribution in [-0.2, 0) is 4.79 Å². The van der Waals surface area contributed by atoms with Gasteiger partial charge in [-0.05, 0) is 49.9 Å². The Balaban J connectivity index is 1.74. The normalized spacial score (nSPS) is 35.2. The molecule has 0 bridgehead atoms. The van der Waals surface area contributed by atoms with Crippen LogP contribution in [0.1, 0.15) is 90.9 Å². The van der Waals surface area contributed by atoms with E-state index in [1.54, 1.807) is 0 Å². The van der Waals surface area contributed by atoms with E-state index < -0.39 is 0 Å². The molecule has 0 aliphatic heterocycles. The first kappa shape index (κ1) is 16.0. The van der Waals surface area contributed by atoms with Gasteiger partial charge in [-0.25, -0.2) is 0 Å². The van der Waals surface area contributed by atoms with Gasteiger partial charge >= 0.3 is 0 Å². The van der Waals surface area contributed by atoms with Crippen molar-refractivity contribution in [1.82, 2.24) is 0 Å². The Labute approximate surface area is 125 Å². The van der Waals surface area contributed by atoms with Crippen molar-refractivity contribution in [2.24, 2.45) is 23.7 Å². The van der Waals surface area contributed by atoms with Crippen LogP contribution in [0.25, 0.3) is 0 Å². The van der Waals surface area contributed by atoms with E-state index in [1.807, 2.05) is 0 Å². The monoisotopic (exact) mass is 278 g/mol. The summed E-state index contributed by atoms with van der Waals surface area (Å²) in [6.07, 6.45) is 15.5. The molecule has 2 aliphatic carbocycles. The second-order valence-electron chi connectivity index (χ2n) is 7.42. The van der Waals surface area contributed by atoms with Gasteiger partial charge in [0, 0.05) is 12.3 Å². The molecule has 20 heavy (non-hydrogen) atoms. The highest BCUT2D eigenvalue weighted by Crippen LogP contribution is 2.41. The molecule has 0 N–H and O–H groups in total. The van der Waals surface area contributed by atoms with Crippen LogP contribution in [0.2, 0.25) is 0 Å². The van der Waals surface area contributed by atoms with Crippen molar-refractivity contribution in [3.05, 3.63) is 0 Å². The summed E-state index contributed by atoms with van der Waals surface area (Å²) < 4.78 is 0. The van der Waals surface area contributed by atoms with Gasteiger partial charge in [0.15, 0.2) is 0 Å². The maximum atomic E-state index is 12.3. The minimum atomic E-state index is 0.419. The number of carbonyl (C=O) groups excluding carboxylic acids is 1. The van der Waals surface area contributed by atoms with Crippen molar-refractivity contribution in [3.8, 4) is 0 Å². The molecular weight excluding hydrogens is 244 g/mol. The molecule has 2 rings (SSSR count). The maximum Gasteiger partial charge on any atom is 0.136 e. The zero-order valence-electron chi connectivity index (χ0n) is 13.7. The van der Waals surface area contributed by atoms with Gasteiger partial charge in [0.25, 0.3) is 0 Å². The molecule has 1 nitrogen and oxygen atoms in total. The zero-order chi connectivity index (χ0) is 14.4. The Morgan fingerprint density at radius 3 is 2.15 bits per heavy atom. The molecular formula is C19H34O. The Kier molecular flexibility index (Phi) is 6.58. The third-order valence-electron chi connectivity index (χ3n) is 5.97. The predicted octanol–water partition coefficient (Wildman–Crippen LogP) is 5.77. The van der Waals surface area contributed by atoms with Crippen molar-refractivity contribution in [1.29, 1.82) is 0 Å². The van der Waals surface area contributed by atoms with E-state index in [2.05, 4.69) is 13.8 Å². The van der Waals surface area contributed by atoms with E-state index in [1.165, 1.54) is 64.2 Å². The van der Waals surface area contributed by atoms with Gasteiger partial charge in [0.1, 0.15) is 5.78 Å². The first-order valence-electron chi connectivity index (χ1n) is 9.27. The average Bonchev–Trinajstić information content (AvgIpc) is 2.47. The summed E-state index contributed by atoms with van der Waals surface area (Å²) in [5, 5.41) is 0. The summed E-state index contributed by atoms with van der Waals surface area (Å²) in [6, 6.07) is 0. The van der Waals surface area contributed by atoms with Crippen LogP contribution in [0.4, 0.5) is 0 Å². The first-order valence-corrected chi connectivity index (χ1v) is 9.27. The van der Waals surface area contributed by atoms with Crippen molar-refractivity contribution < 1.29 is 4.79 Å². The fraction of sp³-hybridized carbons (Fsp3) is 0.947. The van der Waals surface area contributed by atoms with E-state index in [-0.39, 0.29) is 0 Å². The summed E-state index contributed by atoms with van der Waals surface area (Å²) >= 11 is 0. The molecule has 116 valence electrons. The fourth-order valence-corrected chi connectivity index (χ4v) is 4.62. The Morgan fingerprint density at radius 2 is 1.55 bits per heavy atom. The standard InChI is InChI=1S/C19H34O/c1-3-5-7-17-12-13-18(14-19(17)20)16-10-8-15(6-4-2)9-11-16/h15-18H,3-14H2,1-2H3/t15?,16?,17-,18-/m1/s1. The van der Waals surface area contributed by atoms with E-state index in [0.717, 1.165) is 30.6 Å². The average molecular weight is 278 g/mol. The van der Waals surface area contributed by atoms with E-state index in [4.69, 9.17) is 0 Å². The van der Waals surface area contributed by atoms with Gasteiger partial charge in [-0.2, -0.15) is 0 Å². The second-order valence-corrected chi connectivity index (χ2v) is 7.42. The molecule has 1 heteroatoms. The minimum Gasteiger partial charge on any atom is -0.299 e. The molecule has 2 atom stereocenters. The molecule has 0 unspecified atom stereocenters. The molecule has 0 spiro atoms. The Morgan fingerprint density at radius 1 is 0.850 bits per heavy atom. The molecule has 0 aromatic carbocycles. The summed E-state index contributed by atoms with van der Waals surface area (Å²) in [5.41, 5.74) is 0. The van der Waals surface area contributed by atoms with Crippen molar-refractivity contribution in [2.45, 2.75) is 90.9 Å². The summed E-state index contributed by atoms with van der Waals surface area (Å²) in [6.45, 7) is 4.53. The highest BCUT2D eigenvalue weighted by molar-refractivity contribution is 5.81. The quantitative estimate of drug-likeness (QED) is 0.603. The highest BCUT2D eigenvalue weighted by Gasteiger charge is 2.34. The van der Waals surface area contributed by atoms with Gasteiger partial charge in [0.05, 0.1) is 0 Å². The van der Waals surface area contributed by atoms with Crippen LogP contribution < -0.4 is 0 Å². The lowest BCUT2D eigenvalue weighted by Gasteiger charge is -2.37. The third kappa shape index (κ3) is 4.33. The summed E-state index contributed by atoms with van der Waals surface area (Å²) in [5.74, 6) is 3.63. The lowest BCUT2D eigenvalue weighted by atomic mass is 9.68. The second kappa shape index (κ2) is 8.20. The van der Waals surface area contributed by atoms with Crippen LogP contribution in [0.5, 0.6) is 0 Å². The largest absolute Gasteiger partial charge is 0.299 e. The van der Waals surface area contributed by atoms with Gasteiger partial charge in [-0.1, -0.05) is 52.4 Å². The smallest absolute Gasteiger partial charge is 0.136 e. The summed E-state index contributed by atoms with van der Waals surface area (Å²) in [4.78, 5) is 12.3. The Hall–Kier alpha value is -0.330. The van der Waals surface area contributed by atoms with Crippen LogP contribution >= 0.6 is 0 Å². The number of hydrogen-bond acceptors (Lipinski definition) is 1. The molecule has 0 aromatic heterocycles. The number of Topliss-reactive ketones (excluding diaryl/α,β-unsaturated/α-hetero) is 1. The molecule has 2 fully saturated rings.